The molecule has 1 aliphatic heterocycles. The molecule has 0 aromatic carbocycles. The summed E-state index contributed by atoms with van der Waals surface area (Å²) >= 11 is 0. The molecule has 8 heavy (non-hydrogen) atoms. The lowest BCUT2D eigenvalue weighted by Gasteiger charge is -2.35. The van der Waals surface area contributed by atoms with Crippen molar-refractivity contribution in [3.63, 3.8) is 0 Å². The maximum atomic E-state index is 5.25. The molecule has 0 aromatic heterocycles. The molecule has 0 saturated carbocycles. The van der Waals surface area contributed by atoms with E-state index in [1.54, 1.807) is 0 Å². The molecule has 1 heterocycles. The fourth-order valence-electron chi connectivity index (χ4n) is 0.738. The Balaban J connectivity index is 2.49. The third kappa shape index (κ3) is 0.617. The predicted molar refractivity (Wildman–Crippen MR) is 32.4 cm³/mol. The smallest absolute Gasteiger partial charge is 0.0775 e. The van der Waals surface area contributed by atoms with Crippen molar-refractivity contribution >= 4 is 0 Å². The minimum atomic E-state index is 0.111. The maximum absolute atomic E-state index is 5.25. The van der Waals surface area contributed by atoms with E-state index in [9.17, 15) is 0 Å². The molecule has 0 atom stereocenters. The van der Waals surface area contributed by atoms with E-state index in [-0.39, 0.29) is 5.41 Å². The van der Waals surface area contributed by atoms with Gasteiger partial charge in [0, 0.05) is 0 Å². The second kappa shape index (κ2) is 1.80. The number of rotatable bonds is 1. The van der Waals surface area contributed by atoms with E-state index in [1.807, 2.05) is 0 Å². The molecule has 0 N–H and O–H groups in total. The molecule has 0 amide bonds. The highest BCUT2D eigenvalue weighted by Crippen LogP contribution is 2.29. The average Bonchev–Trinajstić information content (AvgIpc) is 1.67. The highest BCUT2D eigenvalue weighted by molar-refractivity contribution is 5.08. The zero-order chi connectivity index (χ0) is 6.04. The molecule has 0 radical (unpaired) electrons. The van der Waals surface area contributed by atoms with Crippen LogP contribution in [0.25, 0.3) is 0 Å². The number of terminal acetylenes is 1. The van der Waals surface area contributed by atoms with Crippen LogP contribution in [0.3, 0.4) is 0 Å². The van der Waals surface area contributed by atoms with Crippen molar-refractivity contribution in [3.8, 4) is 12.3 Å². The fourth-order valence-corrected chi connectivity index (χ4v) is 0.738. The molecule has 1 aliphatic rings. The Bertz CT molecular complexity index is 111. The second-order valence-corrected chi connectivity index (χ2v) is 2.27. The maximum Gasteiger partial charge on any atom is 0.0775 e. The first-order valence-corrected chi connectivity index (χ1v) is 2.88. The SMILES string of the molecule is C#CC1(CC)COC1. The van der Waals surface area contributed by atoms with Crippen LogP contribution in [0.2, 0.25) is 0 Å². The van der Waals surface area contributed by atoms with Gasteiger partial charge in [-0.25, -0.2) is 0 Å². The van der Waals surface area contributed by atoms with Crippen molar-refractivity contribution in [2.75, 3.05) is 13.2 Å². The molecule has 1 heteroatoms. The Morgan fingerprint density at radius 3 is 2.38 bits per heavy atom. The van der Waals surface area contributed by atoms with E-state index in [0.717, 1.165) is 19.6 Å². The van der Waals surface area contributed by atoms with Gasteiger partial charge in [0.15, 0.2) is 0 Å². The van der Waals surface area contributed by atoms with Crippen molar-refractivity contribution in [2.24, 2.45) is 5.41 Å². The molecule has 1 fully saturated rings. The number of hydrogen-bond acceptors (Lipinski definition) is 1. The molecule has 0 bridgehead atoms. The highest BCUT2D eigenvalue weighted by atomic mass is 16.5. The first-order chi connectivity index (χ1) is 3.83. The van der Waals surface area contributed by atoms with Crippen LogP contribution in [0.1, 0.15) is 13.3 Å². The van der Waals surface area contributed by atoms with Crippen molar-refractivity contribution in [1.29, 1.82) is 0 Å². The summed E-state index contributed by atoms with van der Waals surface area (Å²) in [5, 5.41) is 0. The van der Waals surface area contributed by atoms with Crippen molar-refractivity contribution in [3.05, 3.63) is 0 Å². The van der Waals surface area contributed by atoms with Crippen LogP contribution >= 0.6 is 0 Å². The second-order valence-electron chi connectivity index (χ2n) is 2.27. The van der Waals surface area contributed by atoms with E-state index in [1.165, 1.54) is 0 Å². The van der Waals surface area contributed by atoms with Crippen molar-refractivity contribution in [1.82, 2.24) is 0 Å². The molecular weight excluding hydrogens is 100 g/mol. The molecule has 0 spiro atoms. The first kappa shape index (κ1) is 5.65. The number of hydrogen-bond donors (Lipinski definition) is 0. The zero-order valence-electron chi connectivity index (χ0n) is 5.11. The molecule has 0 aliphatic carbocycles. The Morgan fingerprint density at radius 2 is 2.38 bits per heavy atom. The quantitative estimate of drug-likeness (QED) is 0.458. The van der Waals surface area contributed by atoms with Gasteiger partial charge in [-0.2, -0.15) is 0 Å². The molecule has 1 nitrogen and oxygen atoms in total. The average molecular weight is 110 g/mol. The minimum absolute atomic E-state index is 0.111. The van der Waals surface area contributed by atoms with Crippen LogP contribution in [-0.2, 0) is 4.74 Å². The molecule has 0 unspecified atom stereocenters. The van der Waals surface area contributed by atoms with E-state index < -0.39 is 0 Å². The zero-order valence-corrected chi connectivity index (χ0v) is 5.11. The Labute approximate surface area is 50.0 Å². The Morgan fingerprint density at radius 1 is 1.75 bits per heavy atom. The van der Waals surface area contributed by atoms with Crippen LogP contribution in [0.15, 0.2) is 0 Å². The summed E-state index contributed by atoms with van der Waals surface area (Å²) in [5.74, 6) is 2.74. The molecule has 0 aromatic rings. The third-order valence-corrected chi connectivity index (χ3v) is 1.74. The van der Waals surface area contributed by atoms with Crippen LogP contribution in [0.5, 0.6) is 0 Å². The highest BCUT2D eigenvalue weighted by Gasteiger charge is 2.34. The van der Waals surface area contributed by atoms with Crippen LogP contribution in [0.4, 0.5) is 0 Å². The summed E-state index contributed by atoms with van der Waals surface area (Å²) in [4.78, 5) is 0. The number of ether oxygens (including phenoxy) is 1. The lowest BCUT2D eigenvalue weighted by molar-refractivity contribution is -0.0774. The molecule has 44 valence electrons. The standard InChI is InChI=1S/C7H10O/c1-3-7(4-2)5-8-6-7/h1H,4-6H2,2H3. The first-order valence-electron chi connectivity index (χ1n) is 2.88. The molecule has 1 rings (SSSR count). The van der Waals surface area contributed by atoms with Gasteiger partial charge in [-0.1, -0.05) is 12.8 Å². The summed E-state index contributed by atoms with van der Waals surface area (Å²) in [6, 6.07) is 0. The van der Waals surface area contributed by atoms with E-state index >= 15 is 0 Å². The summed E-state index contributed by atoms with van der Waals surface area (Å²) in [6.45, 7) is 3.63. The van der Waals surface area contributed by atoms with E-state index in [2.05, 4.69) is 12.8 Å². The van der Waals surface area contributed by atoms with Crippen molar-refractivity contribution < 1.29 is 4.74 Å². The predicted octanol–water partition coefficient (Wildman–Crippen LogP) is 1.05. The summed E-state index contributed by atoms with van der Waals surface area (Å²) in [6.07, 6.45) is 6.29. The normalized spacial score (nSPS) is 23.5. The van der Waals surface area contributed by atoms with Crippen LogP contribution in [0, 0.1) is 17.8 Å². The van der Waals surface area contributed by atoms with Crippen molar-refractivity contribution in [2.45, 2.75) is 13.3 Å². The lowest BCUT2D eigenvalue weighted by atomic mass is 9.84. The van der Waals surface area contributed by atoms with Gasteiger partial charge in [0.25, 0.3) is 0 Å². The summed E-state index contributed by atoms with van der Waals surface area (Å²) in [7, 11) is 0. The van der Waals surface area contributed by atoms with Gasteiger partial charge in [0.1, 0.15) is 0 Å². The lowest BCUT2D eigenvalue weighted by Crippen LogP contribution is -2.40. The van der Waals surface area contributed by atoms with Gasteiger partial charge in [0.05, 0.1) is 18.6 Å². The van der Waals surface area contributed by atoms with E-state index in [0.29, 0.717) is 0 Å². The van der Waals surface area contributed by atoms with Gasteiger partial charge >= 0.3 is 0 Å². The van der Waals surface area contributed by atoms with Gasteiger partial charge in [-0.3, -0.25) is 0 Å². The fraction of sp³-hybridized carbons (Fsp3) is 0.714. The van der Waals surface area contributed by atoms with Gasteiger partial charge in [-0.05, 0) is 6.42 Å². The van der Waals surface area contributed by atoms with Crippen LogP contribution in [-0.4, -0.2) is 13.2 Å². The molecular formula is C7H10O. The van der Waals surface area contributed by atoms with Gasteiger partial charge in [0.2, 0.25) is 0 Å². The van der Waals surface area contributed by atoms with Gasteiger partial charge < -0.3 is 4.74 Å². The van der Waals surface area contributed by atoms with Crippen LogP contribution < -0.4 is 0 Å². The van der Waals surface area contributed by atoms with E-state index in [4.69, 9.17) is 11.2 Å². The topological polar surface area (TPSA) is 9.23 Å². The largest absolute Gasteiger partial charge is 0.378 e. The summed E-state index contributed by atoms with van der Waals surface area (Å²) in [5.41, 5.74) is 0.111. The Hall–Kier alpha value is -0.480. The summed E-state index contributed by atoms with van der Waals surface area (Å²) < 4.78 is 4.98. The monoisotopic (exact) mass is 110 g/mol. The third-order valence-electron chi connectivity index (χ3n) is 1.74. The minimum Gasteiger partial charge on any atom is -0.378 e. The van der Waals surface area contributed by atoms with Gasteiger partial charge in [-0.15, -0.1) is 6.42 Å². The molecule has 1 saturated heterocycles. The Kier molecular flexibility index (Phi) is 1.27.